The molecule has 1 heterocycles. The standard InChI is InChI=1S/C14H11S/c1-2-7-13(8-3-1)15-11-10-12-6-4-5-9-14(12)15/h1-10,15H. The molecule has 0 saturated heterocycles. The highest BCUT2D eigenvalue weighted by Crippen LogP contribution is 2.50. The predicted molar refractivity (Wildman–Crippen MR) is 66.1 cm³/mol. The van der Waals surface area contributed by atoms with Crippen LogP contribution in [0.15, 0.2) is 64.4 Å². The summed E-state index contributed by atoms with van der Waals surface area (Å²) in [6.45, 7) is 0. The van der Waals surface area contributed by atoms with E-state index < -0.39 is 0 Å². The van der Waals surface area contributed by atoms with Gasteiger partial charge in [0.1, 0.15) is 0 Å². The normalized spacial score (nSPS) is 20.1. The maximum absolute atomic E-state index is 3.48. The Morgan fingerprint density at radius 1 is 0.800 bits per heavy atom. The van der Waals surface area contributed by atoms with E-state index in [1.807, 2.05) is 0 Å². The first-order valence-electron chi connectivity index (χ1n) is 4.99. The van der Waals surface area contributed by atoms with Crippen molar-refractivity contribution < 1.29 is 0 Å². The van der Waals surface area contributed by atoms with Crippen LogP contribution in [0.25, 0.3) is 6.08 Å². The molecule has 1 unspecified atom stereocenters. The van der Waals surface area contributed by atoms with Crippen LogP contribution in [-0.4, -0.2) is 0 Å². The maximum atomic E-state index is 3.48. The average molecular weight is 211 g/mol. The third-order valence-corrected chi connectivity index (χ3v) is 4.63. The smallest absolute Gasteiger partial charge is 0.00874 e. The molecule has 0 aromatic heterocycles. The van der Waals surface area contributed by atoms with Gasteiger partial charge in [0.2, 0.25) is 0 Å². The van der Waals surface area contributed by atoms with Gasteiger partial charge in [-0.1, -0.05) is 36.4 Å². The molecule has 0 bridgehead atoms. The van der Waals surface area contributed by atoms with Crippen molar-refractivity contribution in [3.8, 4) is 0 Å². The molecule has 1 radical (unpaired) electrons. The first-order valence-corrected chi connectivity index (χ1v) is 6.33. The second-order valence-corrected chi connectivity index (χ2v) is 5.43. The van der Waals surface area contributed by atoms with E-state index in [1.165, 1.54) is 15.4 Å². The van der Waals surface area contributed by atoms with Crippen molar-refractivity contribution in [3.05, 3.63) is 65.6 Å². The third-order valence-electron chi connectivity index (χ3n) is 2.54. The molecule has 0 amide bonds. The molecule has 1 heteroatoms. The van der Waals surface area contributed by atoms with Crippen molar-refractivity contribution >= 4 is 17.0 Å². The minimum Gasteiger partial charge on any atom is -0.171 e. The molecule has 0 fully saturated rings. The summed E-state index contributed by atoms with van der Waals surface area (Å²) in [5, 5.41) is 3.48. The van der Waals surface area contributed by atoms with Crippen LogP contribution in [0, 0.1) is 5.41 Å². The molecule has 15 heavy (non-hydrogen) atoms. The van der Waals surface area contributed by atoms with Crippen molar-refractivity contribution in [2.24, 2.45) is 0 Å². The molecule has 1 aliphatic rings. The first-order chi connectivity index (χ1) is 7.45. The van der Waals surface area contributed by atoms with E-state index in [2.05, 4.69) is 66.1 Å². The fourth-order valence-electron chi connectivity index (χ4n) is 1.81. The van der Waals surface area contributed by atoms with Gasteiger partial charge in [0.05, 0.1) is 0 Å². The lowest BCUT2D eigenvalue weighted by Crippen LogP contribution is -1.80. The minimum absolute atomic E-state index is 0.362. The van der Waals surface area contributed by atoms with Crippen molar-refractivity contribution in [1.29, 1.82) is 0 Å². The molecule has 1 atom stereocenters. The molecule has 0 N–H and O–H groups in total. The van der Waals surface area contributed by atoms with Gasteiger partial charge in [0, 0.05) is 10.3 Å². The molecule has 0 spiro atoms. The lowest BCUT2D eigenvalue weighted by atomic mass is 10.2. The highest BCUT2D eigenvalue weighted by atomic mass is 32.2. The summed E-state index contributed by atoms with van der Waals surface area (Å²) < 4.78 is 0. The molecular formula is C14H11S. The van der Waals surface area contributed by atoms with Crippen LogP contribution in [0.1, 0.15) is 5.56 Å². The van der Waals surface area contributed by atoms with E-state index in [0.717, 1.165) is 0 Å². The first kappa shape index (κ1) is 8.81. The highest BCUT2D eigenvalue weighted by Gasteiger charge is 2.14. The second-order valence-electron chi connectivity index (χ2n) is 3.50. The number of benzene rings is 2. The van der Waals surface area contributed by atoms with Crippen LogP contribution in [0.2, 0.25) is 0 Å². The molecule has 0 saturated carbocycles. The quantitative estimate of drug-likeness (QED) is 0.680. The van der Waals surface area contributed by atoms with Gasteiger partial charge in [-0.15, -0.1) is 0 Å². The van der Waals surface area contributed by atoms with E-state index >= 15 is 0 Å². The Morgan fingerprint density at radius 2 is 1.53 bits per heavy atom. The monoisotopic (exact) mass is 211 g/mol. The molecule has 1 aliphatic heterocycles. The lowest BCUT2D eigenvalue weighted by Gasteiger charge is -2.14. The van der Waals surface area contributed by atoms with Crippen molar-refractivity contribution in [1.82, 2.24) is 0 Å². The summed E-state index contributed by atoms with van der Waals surface area (Å²) >= 11 is 0. The van der Waals surface area contributed by atoms with Crippen LogP contribution in [0.4, 0.5) is 0 Å². The lowest BCUT2D eigenvalue weighted by molar-refractivity contribution is 1.39. The summed E-state index contributed by atoms with van der Waals surface area (Å²) in [6, 6.07) is 19.2. The van der Waals surface area contributed by atoms with E-state index in [-0.39, 0.29) is 10.9 Å². The molecule has 2 aromatic carbocycles. The average Bonchev–Trinajstić information content (AvgIpc) is 2.74. The largest absolute Gasteiger partial charge is 0.171 e. The van der Waals surface area contributed by atoms with Crippen molar-refractivity contribution in [3.63, 3.8) is 0 Å². The van der Waals surface area contributed by atoms with Crippen LogP contribution >= 0.6 is 10.9 Å². The SMILES string of the molecule is [C]1=Cc2ccccc2[SH]1c1ccccc1. The number of thiol groups is 1. The molecule has 0 nitrogen and oxygen atoms in total. The third kappa shape index (κ3) is 1.49. The zero-order valence-corrected chi connectivity index (χ0v) is 9.12. The van der Waals surface area contributed by atoms with Gasteiger partial charge in [-0.2, -0.15) is 10.9 Å². The van der Waals surface area contributed by atoms with Crippen molar-refractivity contribution in [2.75, 3.05) is 0 Å². The summed E-state index contributed by atoms with van der Waals surface area (Å²) in [7, 11) is -0.362. The van der Waals surface area contributed by atoms with Gasteiger partial charge < -0.3 is 0 Å². The van der Waals surface area contributed by atoms with E-state index in [0.29, 0.717) is 0 Å². The molecular weight excluding hydrogens is 200 g/mol. The van der Waals surface area contributed by atoms with Crippen LogP contribution < -0.4 is 0 Å². The Morgan fingerprint density at radius 3 is 2.40 bits per heavy atom. The predicted octanol–water partition coefficient (Wildman–Crippen LogP) is 3.89. The van der Waals surface area contributed by atoms with Crippen molar-refractivity contribution in [2.45, 2.75) is 9.79 Å². The van der Waals surface area contributed by atoms with Gasteiger partial charge in [0.15, 0.2) is 0 Å². The Kier molecular flexibility index (Phi) is 2.11. The van der Waals surface area contributed by atoms with Gasteiger partial charge in [-0.3, -0.25) is 0 Å². The summed E-state index contributed by atoms with van der Waals surface area (Å²) in [4.78, 5) is 2.81. The molecule has 73 valence electrons. The Labute approximate surface area is 92.6 Å². The number of hydrogen-bond donors (Lipinski definition) is 1. The van der Waals surface area contributed by atoms with Crippen LogP contribution in [0.3, 0.4) is 0 Å². The Bertz CT molecular complexity index is 500. The fourth-order valence-corrected chi connectivity index (χ4v) is 3.74. The molecule has 0 aliphatic carbocycles. The summed E-state index contributed by atoms with van der Waals surface area (Å²) in [5.74, 6) is 0. The molecule has 2 aromatic rings. The number of rotatable bonds is 1. The zero-order chi connectivity index (χ0) is 10.1. The van der Waals surface area contributed by atoms with Gasteiger partial charge >= 0.3 is 0 Å². The minimum atomic E-state index is -0.362. The second kappa shape index (κ2) is 3.59. The van der Waals surface area contributed by atoms with Gasteiger partial charge in [0.25, 0.3) is 0 Å². The van der Waals surface area contributed by atoms with Gasteiger partial charge in [-0.05, 0) is 34.7 Å². The highest BCUT2D eigenvalue weighted by molar-refractivity contribution is 8.19. The number of hydrogen-bond acceptors (Lipinski definition) is 0. The van der Waals surface area contributed by atoms with E-state index in [4.69, 9.17) is 0 Å². The summed E-state index contributed by atoms with van der Waals surface area (Å²) in [6.07, 6.45) is 2.12. The van der Waals surface area contributed by atoms with Crippen LogP contribution in [-0.2, 0) is 0 Å². The van der Waals surface area contributed by atoms with Crippen LogP contribution in [0.5, 0.6) is 0 Å². The Hall–Kier alpha value is -1.47. The van der Waals surface area contributed by atoms with E-state index in [1.54, 1.807) is 0 Å². The fraction of sp³-hybridized carbons (Fsp3) is 0. The van der Waals surface area contributed by atoms with Gasteiger partial charge in [-0.25, -0.2) is 0 Å². The topological polar surface area (TPSA) is 0 Å². The zero-order valence-electron chi connectivity index (χ0n) is 8.22. The van der Waals surface area contributed by atoms with E-state index in [9.17, 15) is 0 Å². The number of fused-ring (bicyclic) bond motifs is 1. The maximum Gasteiger partial charge on any atom is 0.00874 e. The summed E-state index contributed by atoms with van der Waals surface area (Å²) in [5.41, 5.74) is 1.33. The molecule has 3 rings (SSSR count). The Balaban J connectivity index is 2.09.